The Kier molecular flexibility index (Phi) is 2.67. The minimum atomic E-state index is 0.399. The van der Waals surface area contributed by atoms with Crippen LogP contribution in [0.25, 0.3) is 21.9 Å². The molecule has 2 fully saturated rings. The zero-order valence-electron chi connectivity index (χ0n) is 14.6. The molecule has 1 aliphatic carbocycles. The van der Waals surface area contributed by atoms with Gasteiger partial charge in [0.25, 0.3) is 0 Å². The van der Waals surface area contributed by atoms with Gasteiger partial charge in [0.15, 0.2) is 5.82 Å². The number of rotatable bonds is 1. The van der Waals surface area contributed by atoms with Gasteiger partial charge in [0, 0.05) is 23.5 Å². The molecular weight excluding hydrogens is 296 g/mol. The van der Waals surface area contributed by atoms with Crippen LogP contribution in [0.3, 0.4) is 0 Å². The highest BCUT2D eigenvalue weighted by Gasteiger charge is 2.50. The molecule has 2 bridgehead atoms. The van der Waals surface area contributed by atoms with E-state index in [1.54, 1.807) is 6.33 Å². The smallest absolute Gasteiger partial charge is 0.156 e. The lowest BCUT2D eigenvalue weighted by molar-refractivity contribution is 0.136. The van der Waals surface area contributed by atoms with E-state index in [1.165, 1.54) is 24.6 Å². The number of nitrogens with zero attached hydrogens (tertiary/aromatic N) is 3. The molecule has 2 aliphatic rings. The van der Waals surface area contributed by atoms with Gasteiger partial charge in [-0.2, -0.15) is 0 Å². The number of hydrogen-bond acceptors (Lipinski definition) is 3. The molecule has 1 aromatic carbocycles. The summed E-state index contributed by atoms with van der Waals surface area (Å²) in [7, 11) is 0. The molecule has 1 saturated carbocycles. The normalized spacial score (nSPS) is 28.8. The first-order valence-corrected chi connectivity index (χ1v) is 8.92. The van der Waals surface area contributed by atoms with Crippen LogP contribution in [0.5, 0.6) is 0 Å². The minimum Gasteiger partial charge on any atom is -0.351 e. The van der Waals surface area contributed by atoms with E-state index in [1.807, 2.05) is 0 Å². The second kappa shape index (κ2) is 4.50. The third-order valence-corrected chi connectivity index (χ3v) is 5.96. The molecule has 3 heterocycles. The van der Waals surface area contributed by atoms with Crippen LogP contribution in [0.1, 0.15) is 40.0 Å². The van der Waals surface area contributed by atoms with Crippen molar-refractivity contribution in [2.24, 2.45) is 10.8 Å². The fourth-order valence-corrected chi connectivity index (χ4v) is 5.55. The Labute approximate surface area is 142 Å². The number of aromatic nitrogens is 3. The number of nitrogens with one attached hydrogen (secondary N) is 1. The van der Waals surface area contributed by atoms with Crippen molar-refractivity contribution in [1.82, 2.24) is 15.0 Å². The molecule has 1 aliphatic heterocycles. The highest BCUT2D eigenvalue weighted by Crippen LogP contribution is 2.53. The monoisotopic (exact) mass is 320 g/mol. The van der Waals surface area contributed by atoms with Gasteiger partial charge in [-0.1, -0.05) is 39.0 Å². The summed E-state index contributed by atoms with van der Waals surface area (Å²) in [5.74, 6) is 1.09. The third-order valence-electron chi connectivity index (χ3n) is 5.96. The summed E-state index contributed by atoms with van der Waals surface area (Å²) in [6, 6.07) is 8.98. The standard InChI is InChI=1S/C20H24N4/c1-19(2)8-13-9-20(3,10-19)11-24(13)18-17-16(21-12-22-18)14-6-4-5-7-15(14)23-17/h4-7,12-13,23H,8-11H2,1-3H3/t13-,20-/m0/s1. The van der Waals surface area contributed by atoms with Crippen molar-refractivity contribution in [3.8, 4) is 0 Å². The average molecular weight is 320 g/mol. The van der Waals surface area contributed by atoms with Crippen LogP contribution in [-0.2, 0) is 0 Å². The minimum absolute atomic E-state index is 0.399. The lowest BCUT2D eigenvalue weighted by Crippen LogP contribution is -2.35. The van der Waals surface area contributed by atoms with Crippen LogP contribution in [0, 0.1) is 10.8 Å². The van der Waals surface area contributed by atoms with Gasteiger partial charge in [-0.3, -0.25) is 0 Å². The van der Waals surface area contributed by atoms with Crippen molar-refractivity contribution in [1.29, 1.82) is 0 Å². The van der Waals surface area contributed by atoms with Gasteiger partial charge in [0.2, 0.25) is 0 Å². The highest BCUT2D eigenvalue weighted by atomic mass is 15.3. The van der Waals surface area contributed by atoms with Crippen LogP contribution in [0.4, 0.5) is 5.82 Å². The Morgan fingerprint density at radius 3 is 2.83 bits per heavy atom. The Balaban J connectivity index is 1.68. The molecule has 24 heavy (non-hydrogen) atoms. The van der Waals surface area contributed by atoms with E-state index in [-0.39, 0.29) is 0 Å². The fourth-order valence-electron chi connectivity index (χ4n) is 5.55. The van der Waals surface area contributed by atoms with Crippen LogP contribution >= 0.6 is 0 Å². The third kappa shape index (κ3) is 1.98. The van der Waals surface area contributed by atoms with E-state index in [0.29, 0.717) is 16.9 Å². The van der Waals surface area contributed by atoms with E-state index in [0.717, 1.165) is 28.9 Å². The summed E-state index contributed by atoms with van der Waals surface area (Å²) in [6.07, 6.45) is 5.55. The Morgan fingerprint density at radius 2 is 1.96 bits per heavy atom. The molecule has 0 radical (unpaired) electrons. The van der Waals surface area contributed by atoms with E-state index in [2.05, 4.69) is 59.9 Å². The van der Waals surface area contributed by atoms with Crippen molar-refractivity contribution in [3.63, 3.8) is 0 Å². The quantitative estimate of drug-likeness (QED) is 0.717. The van der Waals surface area contributed by atoms with Crippen molar-refractivity contribution in [2.75, 3.05) is 11.4 Å². The molecule has 0 unspecified atom stereocenters. The van der Waals surface area contributed by atoms with E-state index in [9.17, 15) is 0 Å². The predicted octanol–water partition coefficient (Wildman–Crippen LogP) is 4.52. The first-order chi connectivity index (χ1) is 11.4. The molecule has 5 rings (SSSR count). The molecule has 1 N–H and O–H groups in total. The maximum absolute atomic E-state index is 4.71. The van der Waals surface area contributed by atoms with Crippen LogP contribution < -0.4 is 4.90 Å². The zero-order valence-corrected chi connectivity index (χ0v) is 14.6. The van der Waals surface area contributed by atoms with Crippen molar-refractivity contribution >= 4 is 27.8 Å². The molecule has 0 spiro atoms. The van der Waals surface area contributed by atoms with Crippen LogP contribution in [0.15, 0.2) is 30.6 Å². The summed E-state index contributed by atoms with van der Waals surface area (Å²) < 4.78 is 0. The van der Waals surface area contributed by atoms with Crippen LogP contribution in [0.2, 0.25) is 0 Å². The summed E-state index contributed by atoms with van der Waals surface area (Å²) in [4.78, 5) is 15.4. The van der Waals surface area contributed by atoms with E-state index >= 15 is 0 Å². The maximum Gasteiger partial charge on any atom is 0.156 e. The summed E-state index contributed by atoms with van der Waals surface area (Å²) in [6.45, 7) is 8.38. The van der Waals surface area contributed by atoms with Gasteiger partial charge < -0.3 is 9.88 Å². The number of para-hydroxylation sites is 1. The number of hydrogen-bond donors (Lipinski definition) is 1. The van der Waals surface area contributed by atoms with Crippen LogP contribution in [-0.4, -0.2) is 27.5 Å². The van der Waals surface area contributed by atoms with Gasteiger partial charge in [-0.05, 0) is 36.2 Å². The van der Waals surface area contributed by atoms with E-state index < -0.39 is 0 Å². The summed E-state index contributed by atoms with van der Waals surface area (Å²) >= 11 is 0. The Hall–Kier alpha value is -2.10. The number of fused-ring (bicyclic) bond motifs is 5. The van der Waals surface area contributed by atoms with Gasteiger partial charge in [0.05, 0.1) is 0 Å². The second-order valence-electron chi connectivity index (χ2n) is 8.93. The Morgan fingerprint density at radius 1 is 1.12 bits per heavy atom. The molecule has 124 valence electrons. The second-order valence-corrected chi connectivity index (χ2v) is 8.93. The van der Waals surface area contributed by atoms with E-state index in [4.69, 9.17) is 4.98 Å². The molecular formula is C20H24N4. The lowest BCUT2D eigenvalue weighted by atomic mass is 9.65. The van der Waals surface area contributed by atoms with Gasteiger partial charge in [-0.15, -0.1) is 0 Å². The maximum atomic E-state index is 4.71. The fraction of sp³-hybridized carbons (Fsp3) is 0.500. The van der Waals surface area contributed by atoms with Crippen molar-refractivity contribution < 1.29 is 0 Å². The van der Waals surface area contributed by atoms with Crippen molar-refractivity contribution in [2.45, 2.75) is 46.1 Å². The summed E-state index contributed by atoms with van der Waals surface area (Å²) in [5.41, 5.74) is 4.09. The molecule has 2 aromatic heterocycles. The number of H-pyrrole nitrogens is 1. The number of anilines is 1. The highest BCUT2D eigenvalue weighted by molar-refractivity contribution is 6.08. The van der Waals surface area contributed by atoms with Gasteiger partial charge in [-0.25, -0.2) is 9.97 Å². The first-order valence-electron chi connectivity index (χ1n) is 8.92. The predicted molar refractivity (Wildman–Crippen MR) is 98.3 cm³/mol. The number of aromatic amines is 1. The lowest BCUT2D eigenvalue weighted by Gasteiger charge is -2.39. The largest absolute Gasteiger partial charge is 0.351 e. The topological polar surface area (TPSA) is 44.8 Å². The number of benzene rings is 1. The zero-order chi connectivity index (χ0) is 16.5. The summed E-state index contributed by atoms with van der Waals surface area (Å²) in [5, 5.41) is 1.19. The molecule has 4 heteroatoms. The molecule has 4 nitrogen and oxygen atoms in total. The molecule has 3 aromatic rings. The van der Waals surface area contributed by atoms with Gasteiger partial charge in [0.1, 0.15) is 17.4 Å². The van der Waals surface area contributed by atoms with Crippen molar-refractivity contribution in [3.05, 3.63) is 30.6 Å². The molecule has 2 atom stereocenters. The molecule has 1 saturated heterocycles. The molecule has 0 amide bonds. The average Bonchev–Trinajstić information content (AvgIpc) is 3.00. The SMILES string of the molecule is CC1(C)C[C@H]2C[C@](C)(CN2c2ncnc3c2[nH]c2ccccc23)C1. The van der Waals surface area contributed by atoms with Gasteiger partial charge >= 0.3 is 0 Å². The Bertz CT molecular complexity index is 941. The first kappa shape index (κ1) is 14.3.